The van der Waals surface area contributed by atoms with Crippen LogP contribution in [0.3, 0.4) is 0 Å². The Kier molecular flexibility index (Phi) is 3.36. The minimum Gasteiger partial charge on any atom is -0.324 e. The van der Waals surface area contributed by atoms with Crippen molar-refractivity contribution in [1.82, 2.24) is 0 Å². The summed E-state index contributed by atoms with van der Waals surface area (Å²) in [6, 6.07) is 4.32. The van der Waals surface area contributed by atoms with Crippen molar-refractivity contribution in [3.8, 4) is 0 Å². The molecule has 0 aliphatic heterocycles. The molecular formula is C11H12BrN3O3. The van der Waals surface area contributed by atoms with Crippen LogP contribution in [0.1, 0.15) is 19.3 Å². The maximum Gasteiger partial charge on any atom is 0.283 e. The lowest BCUT2D eigenvalue weighted by Crippen LogP contribution is -2.56. The highest BCUT2D eigenvalue weighted by Crippen LogP contribution is 2.32. The number of nitro benzene ring substituents is 1. The molecule has 0 spiro atoms. The van der Waals surface area contributed by atoms with Crippen molar-refractivity contribution in [2.24, 2.45) is 5.73 Å². The van der Waals surface area contributed by atoms with Gasteiger partial charge in [0, 0.05) is 11.8 Å². The van der Waals surface area contributed by atoms with Crippen LogP contribution in [0, 0.1) is 10.1 Å². The van der Waals surface area contributed by atoms with Gasteiger partial charge < -0.3 is 11.1 Å². The number of halogens is 1. The lowest BCUT2D eigenvalue weighted by Gasteiger charge is -2.36. The molecule has 0 atom stereocenters. The van der Waals surface area contributed by atoms with E-state index in [4.69, 9.17) is 5.73 Å². The zero-order chi connectivity index (χ0) is 13.3. The summed E-state index contributed by atoms with van der Waals surface area (Å²) in [6.07, 6.45) is 2.30. The Hall–Kier alpha value is -1.47. The van der Waals surface area contributed by atoms with E-state index in [2.05, 4.69) is 21.2 Å². The number of hydrogen-bond donors (Lipinski definition) is 2. The largest absolute Gasteiger partial charge is 0.324 e. The Balaban J connectivity index is 2.13. The number of anilines is 1. The lowest BCUT2D eigenvalue weighted by molar-refractivity contribution is -0.385. The van der Waals surface area contributed by atoms with Gasteiger partial charge in [0.05, 0.1) is 14.9 Å². The van der Waals surface area contributed by atoms with Crippen LogP contribution in [0.15, 0.2) is 22.7 Å². The summed E-state index contributed by atoms with van der Waals surface area (Å²) in [4.78, 5) is 22.0. The number of carbonyl (C=O) groups excluding carboxylic acids is 1. The molecule has 6 nitrogen and oxygen atoms in total. The minimum atomic E-state index is -0.783. The first-order valence-corrected chi connectivity index (χ1v) is 6.26. The summed E-state index contributed by atoms with van der Waals surface area (Å²) in [7, 11) is 0. The molecule has 1 aromatic carbocycles. The molecule has 1 aliphatic rings. The number of carbonyl (C=O) groups is 1. The van der Waals surface area contributed by atoms with Crippen LogP contribution in [0.5, 0.6) is 0 Å². The van der Waals surface area contributed by atoms with E-state index in [9.17, 15) is 14.9 Å². The number of nitrogens with two attached hydrogens (primary N) is 1. The molecule has 7 heteroatoms. The van der Waals surface area contributed by atoms with Crippen molar-refractivity contribution in [3.63, 3.8) is 0 Å². The summed E-state index contributed by atoms with van der Waals surface area (Å²) in [5.41, 5.74) is 5.55. The van der Waals surface area contributed by atoms with Crippen LogP contribution in [0.2, 0.25) is 0 Å². The first-order valence-electron chi connectivity index (χ1n) is 5.47. The number of nitrogens with zero attached hydrogens (tertiary/aromatic N) is 1. The van der Waals surface area contributed by atoms with Crippen LogP contribution in [-0.2, 0) is 4.79 Å². The monoisotopic (exact) mass is 313 g/mol. The molecule has 0 saturated heterocycles. The molecule has 3 N–H and O–H groups in total. The summed E-state index contributed by atoms with van der Waals surface area (Å²) in [5, 5.41) is 13.3. The average Bonchev–Trinajstić information content (AvgIpc) is 2.25. The van der Waals surface area contributed by atoms with E-state index >= 15 is 0 Å². The fourth-order valence-electron chi connectivity index (χ4n) is 1.77. The van der Waals surface area contributed by atoms with Gasteiger partial charge in [-0.05, 0) is 47.3 Å². The fraction of sp³-hybridized carbons (Fsp3) is 0.364. The molecule has 2 rings (SSSR count). The van der Waals surface area contributed by atoms with Gasteiger partial charge >= 0.3 is 0 Å². The van der Waals surface area contributed by atoms with Crippen LogP contribution >= 0.6 is 15.9 Å². The maximum atomic E-state index is 11.9. The van der Waals surface area contributed by atoms with Gasteiger partial charge in [-0.15, -0.1) is 0 Å². The van der Waals surface area contributed by atoms with E-state index in [1.807, 2.05) is 0 Å². The number of hydrogen-bond acceptors (Lipinski definition) is 4. The number of nitro groups is 1. The third-order valence-corrected chi connectivity index (χ3v) is 3.74. The van der Waals surface area contributed by atoms with E-state index < -0.39 is 10.5 Å². The fourth-order valence-corrected chi connectivity index (χ4v) is 2.30. The first-order chi connectivity index (χ1) is 8.42. The van der Waals surface area contributed by atoms with Crippen molar-refractivity contribution in [3.05, 3.63) is 32.8 Å². The van der Waals surface area contributed by atoms with E-state index in [0.717, 1.165) is 6.42 Å². The second kappa shape index (κ2) is 4.66. The van der Waals surface area contributed by atoms with Gasteiger partial charge in [-0.25, -0.2) is 0 Å². The van der Waals surface area contributed by atoms with Crippen LogP contribution in [-0.4, -0.2) is 16.4 Å². The molecule has 1 saturated carbocycles. The third kappa shape index (κ3) is 2.37. The number of amides is 1. The van der Waals surface area contributed by atoms with Gasteiger partial charge in [-0.3, -0.25) is 14.9 Å². The quantitative estimate of drug-likeness (QED) is 0.660. The highest BCUT2D eigenvalue weighted by atomic mass is 79.9. The Bertz CT molecular complexity index is 514. The molecule has 18 heavy (non-hydrogen) atoms. The summed E-state index contributed by atoms with van der Waals surface area (Å²) >= 11 is 3.09. The second-order valence-corrected chi connectivity index (χ2v) is 5.24. The molecule has 0 unspecified atom stereocenters. The SMILES string of the molecule is NC1(C(=O)Nc2ccc([N+](=O)[O-])c(Br)c2)CCC1. The van der Waals surface area contributed by atoms with Crippen LogP contribution < -0.4 is 11.1 Å². The summed E-state index contributed by atoms with van der Waals surface area (Å²) < 4.78 is 0.324. The summed E-state index contributed by atoms with van der Waals surface area (Å²) in [6.45, 7) is 0. The zero-order valence-corrected chi connectivity index (χ0v) is 11.1. The Labute approximate surface area is 112 Å². The van der Waals surface area contributed by atoms with Crippen molar-refractivity contribution in [2.45, 2.75) is 24.8 Å². The van der Waals surface area contributed by atoms with Crippen LogP contribution in [0.25, 0.3) is 0 Å². The second-order valence-electron chi connectivity index (χ2n) is 4.39. The van der Waals surface area contributed by atoms with Gasteiger partial charge in [-0.2, -0.15) is 0 Å². The zero-order valence-electron chi connectivity index (χ0n) is 9.48. The molecular weight excluding hydrogens is 302 g/mol. The molecule has 0 heterocycles. The van der Waals surface area contributed by atoms with E-state index in [-0.39, 0.29) is 11.6 Å². The molecule has 0 bridgehead atoms. The number of benzene rings is 1. The molecule has 1 aromatic rings. The normalized spacial score (nSPS) is 16.8. The van der Waals surface area contributed by atoms with Crippen molar-refractivity contribution in [2.75, 3.05) is 5.32 Å². The molecule has 1 aliphatic carbocycles. The van der Waals surface area contributed by atoms with Crippen molar-refractivity contribution in [1.29, 1.82) is 0 Å². The molecule has 1 amide bonds. The van der Waals surface area contributed by atoms with Gasteiger partial charge in [0.15, 0.2) is 0 Å². The molecule has 0 radical (unpaired) electrons. The highest BCUT2D eigenvalue weighted by Gasteiger charge is 2.40. The molecule has 96 valence electrons. The highest BCUT2D eigenvalue weighted by molar-refractivity contribution is 9.10. The van der Waals surface area contributed by atoms with E-state index in [0.29, 0.717) is 23.0 Å². The first kappa shape index (κ1) is 13.0. The van der Waals surface area contributed by atoms with Gasteiger partial charge in [-0.1, -0.05) is 0 Å². The smallest absolute Gasteiger partial charge is 0.283 e. The van der Waals surface area contributed by atoms with Gasteiger partial charge in [0.2, 0.25) is 5.91 Å². The Morgan fingerprint density at radius 3 is 2.61 bits per heavy atom. The Morgan fingerprint density at radius 1 is 1.50 bits per heavy atom. The topological polar surface area (TPSA) is 98.3 Å². The van der Waals surface area contributed by atoms with Crippen molar-refractivity contribution < 1.29 is 9.72 Å². The molecule has 0 aromatic heterocycles. The van der Waals surface area contributed by atoms with E-state index in [1.165, 1.54) is 18.2 Å². The Morgan fingerprint density at radius 2 is 2.17 bits per heavy atom. The third-order valence-electron chi connectivity index (χ3n) is 3.10. The lowest BCUT2D eigenvalue weighted by atomic mass is 9.77. The predicted molar refractivity (Wildman–Crippen MR) is 70.2 cm³/mol. The van der Waals surface area contributed by atoms with Gasteiger partial charge in [0.1, 0.15) is 0 Å². The average molecular weight is 314 g/mol. The number of rotatable bonds is 3. The minimum absolute atomic E-state index is 0.0425. The summed E-state index contributed by atoms with van der Waals surface area (Å²) in [5.74, 6) is -0.241. The van der Waals surface area contributed by atoms with Crippen molar-refractivity contribution >= 4 is 33.2 Å². The predicted octanol–water partition coefficient (Wildman–Crippen LogP) is 2.18. The number of nitrogens with one attached hydrogen (secondary N) is 1. The van der Waals surface area contributed by atoms with E-state index in [1.54, 1.807) is 0 Å². The molecule has 1 fully saturated rings. The maximum absolute atomic E-state index is 11.9. The standard InChI is InChI=1S/C11H12BrN3O3/c12-8-6-7(2-3-9(8)15(17)18)14-10(16)11(13)4-1-5-11/h2-3,6H,1,4-5,13H2,(H,14,16). The van der Waals surface area contributed by atoms with Crippen LogP contribution in [0.4, 0.5) is 11.4 Å². The van der Waals surface area contributed by atoms with Gasteiger partial charge in [0.25, 0.3) is 5.69 Å².